The number of anilines is 1. The van der Waals surface area contributed by atoms with Gasteiger partial charge in [0.15, 0.2) is 0 Å². The van der Waals surface area contributed by atoms with E-state index >= 15 is 0 Å². The van der Waals surface area contributed by atoms with Gasteiger partial charge in [0.1, 0.15) is 22.8 Å². The number of carbonyl (C=O) groups excluding carboxylic acids is 1. The highest BCUT2D eigenvalue weighted by molar-refractivity contribution is 5.91. The summed E-state index contributed by atoms with van der Waals surface area (Å²) >= 11 is 0. The van der Waals surface area contributed by atoms with Crippen LogP contribution >= 0.6 is 0 Å². The lowest BCUT2D eigenvalue weighted by molar-refractivity contribution is -0.133. The number of morpholine rings is 1. The minimum atomic E-state index is -0.183. The van der Waals surface area contributed by atoms with Crippen molar-refractivity contribution in [2.75, 3.05) is 25.0 Å². The number of hydrogen-bond acceptors (Lipinski definition) is 8. The van der Waals surface area contributed by atoms with Crippen LogP contribution in [0.4, 0.5) is 5.69 Å². The summed E-state index contributed by atoms with van der Waals surface area (Å²) in [5.74, 6) is 1.85. The van der Waals surface area contributed by atoms with E-state index in [0.717, 1.165) is 79.9 Å². The fourth-order valence-corrected chi connectivity index (χ4v) is 5.51. The van der Waals surface area contributed by atoms with Gasteiger partial charge in [-0.3, -0.25) is 9.78 Å². The fourth-order valence-electron chi connectivity index (χ4n) is 5.51. The average Bonchev–Trinajstić information content (AvgIpc) is 2.89. The van der Waals surface area contributed by atoms with E-state index in [-0.39, 0.29) is 12.0 Å². The molecule has 9 heteroatoms. The Balaban J connectivity index is 1.12. The van der Waals surface area contributed by atoms with E-state index in [2.05, 4.69) is 42.3 Å². The largest absolute Gasteiger partial charge is 0.488 e. The first kappa shape index (κ1) is 22.2. The van der Waals surface area contributed by atoms with Crippen molar-refractivity contribution in [3.8, 4) is 5.75 Å². The molecule has 2 bridgehead atoms. The van der Waals surface area contributed by atoms with Gasteiger partial charge in [-0.15, -0.1) is 0 Å². The molecule has 3 aliphatic heterocycles. The van der Waals surface area contributed by atoms with Crippen molar-refractivity contribution in [3.63, 3.8) is 0 Å². The molecule has 0 spiro atoms. The number of amides is 1. The van der Waals surface area contributed by atoms with Gasteiger partial charge in [-0.05, 0) is 43.7 Å². The van der Waals surface area contributed by atoms with Crippen LogP contribution < -0.4 is 15.0 Å². The molecule has 0 radical (unpaired) electrons. The van der Waals surface area contributed by atoms with Crippen LogP contribution in [0.5, 0.6) is 5.75 Å². The number of piperidine rings is 1. The van der Waals surface area contributed by atoms with Crippen molar-refractivity contribution < 1.29 is 14.3 Å². The highest BCUT2D eigenvalue weighted by Gasteiger charge is 2.38. The molecule has 1 saturated carbocycles. The molecule has 3 aromatic rings. The second-order valence-corrected chi connectivity index (χ2v) is 9.79. The molecule has 2 atom stereocenters. The lowest BCUT2D eigenvalue weighted by Gasteiger charge is -2.48. The maximum atomic E-state index is 11.9. The number of nitrogens with zero attached hydrogens (tertiary/aromatic N) is 5. The van der Waals surface area contributed by atoms with Gasteiger partial charge in [0, 0.05) is 63.3 Å². The Labute approximate surface area is 204 Å². The minimum absolute atomic E-state index is 0.142. The molecule has 4 aliphatic rings. The van der Waals surface area contributed by atoms with Gasteiger partial charge in [-0.2, -0.15) is 0 Å². The quantitative estimate of drug-likeness (QED) is 0.582. The molecule has 2 unspecified atom stereocenters. The topological polar surface area (TPSA) is 102 Å². The lowest BCUT2D eigenvalue weighted by Crippen LogP contribution is -2.57. The first-order valence-corrected chi connectivity index (χ1v) is 12.5. The molecule has 2 aromatic heterocycles. The number of carbonyl (C=O) groups is 1. The summed E-state index contributed by atoms with van der Waals surface area (Å²) in [5.41, 5.74) is 3.23. The molecule has 1 aromatic carbocycles. The van der Waals surface area contributed by atoms with Crippen LogP contribution in [0.1, 0.15) is 48.4 Å². The second-order valence-electron chi connectivity index (χ2n) is 9.79. The summed E-state index contributed by atoms with van der Waals surface area (Å²) < 4.78 is 12.4. The summed E-state index contributed by atoms with van der Waals surface area (Å²) in [7, 11) is 1.61. The van der Waals surface area contributed by atoms with Crippen molar-refractivity contribution >= 4 is 22.6 Å². The Bertz CT molecular complexity index is 1210. The normalized spacial score (nSPS) is 25.7. The molecule has 5 heterocycles. The summed E-state index contributed by atoms with van der Waals surface area (Å²) in [5, 5.41) is 2.62. The van der Waals surface area contributed by atoms with E-state index in [1.165, 1.54) is 0 Å². The molecule has 1 N–H and O–H groups in total. The highest BCUT2D eigenvalue weighted by Crippen LogP contribution is 2.37. The van der Waals surface area contributed by atoms with Crippen LogP contribution in [-0.4, -0.2) is 64.3 Å². The molecular formula is C26H30N6O3. The van der Waals surface area contributed by atoms with Crippen LogP contribution in [0.15, 0.2) is 36.8 Å². The van der Waals surface area contributed by atoms with Gasteiger partial charge in [0.2, 0.25) is 0 Å². The Hall–Kier alpha value is -3.33. The number of benzene rings is 1. The average molecular weight is 475 g/mol. The number of aromatic nitrogens is 4. The van der Waals surface area contributed by atoms with Crippen LogP contribution in [0.2, 0.25) is 0 Å². The third kappa shape index (κ3) is 4.65. The van der Waals surface area contributed by atoms with E-state index in [9.17, 15) is 4.79 Å². The molecule has 1 aliphatic carbocycles. The zero-order chi connectivity index (χ0) is 23.8. The summed E-state index contributed by atoms with van der Waals surface area (Å²) in [6, 6.07) is 5.89. The predicted molar refractivity (Wildman–Crippen MR) is 131 cm³/mol. The van der Waals surface area contributed by atoms with Gasteiger partial charge in [0.25, 0.3) is 5.91 Å². The Morgan fingerprint density at radius 3 is 2.63 bits per heavy atom. The number of hydrogen-bond donors (Lipinski definition) is 1. The molecular weight excluding hydrogens is 444 g/mol. The molecule has 9 nitrogen and oxygen atoms in total. The van der Waals surface area contributed by atoms with E-state index in [1.54, 1.807) is 31.7 Å². The molecule has 3 saturated heterocycles. The number of ether oxygens (including phenoxy) is 2. The monoisotopic (exact) mass is 474 g/mol. The number of rotatable bonds is 6. The van der Waals surface area contributed by atoms with Gasteiger partial charge in [-0.1, -0.05) is 0 Å². The Morgan fingerprint density at radius 2 is 1.86 bits per heavy atom. The predicted octanol–water partition coefficient (Wildman–Crippen LogP) is 2.94. The highest BCUT2D eigenvalue weighted by atomic mass is 16.5. The maximum Gasteiger partial charge on any atom is 0.269 e. The molecule has 35 heavy (non-hydrogen) atoms. The van der Waals surface area contributed by atoms with Crippen molar-refractivity contribution in [3.05, 3.63) is 48.3 Å². The van der Waals surface area contributed by atoms with Gasteiger partial charge >= 0.3 is 0 Å². The van der Waals surface area contributed by atoms with E-state index in [1.807, 2.05) is 0 Å². The van der Waals surface area contributed by atoms with Gasteiger partial charge < -0.3 is 19.7 Å². The van der Waals surface area contributed by atoms with Crippen molar-refractivity contribution in [2.45, 2.75) is 56.8 Å². The molecule has 4 fully saturated rings. The SMILES string of the molecule is CNC(=O)c1ccnc(CC2CCC(Oc3cc(N4CC5CC(C4)O5)cc4nccnc34)CC2)n1. The minimum Gasteiger partial charge on any atom is -0.488 e. The van der Waals surface area contributed by atoms with Gasteiger partial charge in [-0.25, -0.2) is 15.0 Å². The van der Waals surface area contributed by atoms with E-state index in [4.69, 9.17) is 9.47 Å². The first-order chi connectivity index (χ1) is 17.1. The van der Waals surface area contributed by atoms with Crippen LogP contribution in [0.25, 0.3) is 11.0 Å². The van der Waals surface area contributed by atoms with Crippen molar-refractivity contribution in [1.29, 1.82) is 0 Å². The summed E-state index contributed by atoms with van der Waals surface area (Å²) in [4.78, 5) is 32.2. The molecule has 7 rings (SSSR count). The number of nitrogens with one attached hydrogen (secondary N) is 1. The van der Waals surface area contributed by atoms with Crippen LogP contribution in [0, 0.1) is 5.92 Å². The standard InChI is InChI=1S/C26H30N6O3/c1-27-26(33)21-6-7-29-24(31-21)10-16-2-4-18(5-3-16)35-23-12-17(11-22-25(23)30-9-8-28-22)32-14-19-13-20(15-32)34-19/h6-9,11-12,16,18-20H,2-5,10,13-15H2,1H3,(H,27,33). The maximum absolute atomic E-state index is 11.9. The van der Waals surface area contributed by atoms with Crippen LogP contribution in [-0.2, 0) is 11.2 Å². The van der Waals surface area contributed by atoms with E-state index in [0.29, 0.717) is 23.8 Å². The Kier molecular flexibility index (Phi) is 5.93. The fraction of sp³-hybridized carbons (Fsp3) is 0.500. The zero-order valence-corrected chi connectivity index (χ0v) is 19.9. The second kappa shape index (κ2) is 9.37. The van der Waals surface area contributed by atoms with Crippen molar-refractivity contribution in [2.24, 2.45) is 5.92 Å². The molecule has 182 valence electrons. The number of fused-ring (bicyclic) bond motifs is 3. The van der Waals surface area contributed by atoms with E-state index < -0.39 is 0 Å². The van der Waals surface area contributed by atoms with Crippen LogP contribution in [0.3, 0.4) is 0 Å². The lowest BCUT2D eigenvalue weighted by atomic mass is 9.85. The first-order valence-electron chi connectivity index (χ1n) is 12.5. The summed E-state index contributed by atoms with van der Waals surface area (Å²) in [6.45, 7) is 1.83. The zero-order valence-electron chi connectivity index (χ0n) is 19.9. The smallest absolute Gasteiger partial charge is 0.269 e. The van der Waals surface area contributed by atoms with Crippen molar-refractivity contribution in [1.82, 2.24) is 25.3 Å². The summed E-state index contributed by atoms with van der Waals surface area (Å²) in [6.07, 6.45) is 11.9. The van der Waals surface area contributed by atoms with Gasteiger partial charge in [0.05, 0.1) is 23.8 Å². The Morgan fingerprint density at radius 1 is 1.09 bits per heavy atom. The third-order valence-electron chi connectivity index (χ3n) is 7.37. The molecule has 1 amide bonds. The third-order valence-corrected chi connectivity index (χ3v) is 7.37.